The minimum Gasteiger partial charge on any atom is -0.387 e. The van der Waals surface area contributed by atoms with Crippen molar-refractivity contribution in [2.75, 3.05) is 13.1 Å². The molecule has 5 nitrogen and oxygen atoms in total. The van der Waals surface area contributed by atoms with Crippen LogP contribution in [0.4, 0.5) is 4.39 Å². The molecule has 6 heteroatoms. The van der Waals surface area contributed by atoms with Crippen molar-refractivity contribution < 1.29 is 9.50 Å². The lowest BCUT2D eigenvalue weighted by atomic mass is 10.00. The van der Waals surface area contributed by atoms with Crippen molar-refractivity contribution in [3.8, 4) is 0 Å². The molecule has 2 atom stereocenters. The van der Waals surface area contributed by atoms with Crippen LogP contribution in [0.1, 0.15) is 30.9 Å². The van der Waals surface area contributed by atoms with Crippen LogP contribution in [0.2, 0.25) is 0 Å². The van der Waals surface area contributed by atoms with Crippen molar-refractivity contribution in [3.05, 3.63) is 48.3 Å². The summed E-state index contributed by atoms with van der Waals surface area (Å²) >= 11 is 0. The van der Waals surface area contributed by atoms with Crippen LogP contribution < -0.4 is 0 Å². The average molecular weight is 304 g/mol. The fourth-order valence-corrected chi connectivity index (χ4v) is 3.06. The molecule has 0 unspecified atom stereocenters. The number of aromatic nitrogens is 3. The highest BCUT2D eigenvalue weighted by Gasteiger charge is 2.25. The Balaban J connectivity index is 1.64. The zero-order valence-electron chi connectivity index (χ0n) is 12.5. The Labute approximate surface area is 129 Å². The lowest BCUT2D eigenvalue weighted by Gasteiger charge is -2.36. The molecule has 0 aliphatic carbocycles. The molecule has 0 amide bonds. The molecule has 0 radical (unpaired) electrons. The van der Waals surface area contributed by atoms with E-state index in [0.717, 1.165) is 31.5 Å². The second-order valence-corrected chi connectivity index (χ2v) is 5.83. The first-order valence-corrected chi connectivity index (χ1v) is 7.72. The van der Waals surface area contributed by atoms with Crippen LogP contribution in [0.3, 0.4) is 0 Å². The fraction of sp³-hybridized carbons (Fsp3) is 0.500. The van der Waals surface area contributed by atoms with E-state index in [0.29, 0.717) is 12.6 Å². The summed E-state index contributed by atoms with van der Waals surface area (Å²) in [7, 11) is 0. The Morgan fingerprint density at radius 2 is 2.09 bits per heavy atom. The van der Waals surface area contributed by atoms with E-state index < -0.39 is 6.10 Å². The van der Waals surface area contributed by atoms with Crippen LogP contribution in [0.15, 0.2) is 36.9 Å². The molecule has 22 heavy (non-hydrogen) atoms. The van der Waals surface area contributed by atoms with Crippen LogP contribution in [0, 0.1) is 5.82 Å². The van der Waals surface area contributed by atoms with Crippen molar-refractivity contribution in [3.63, 3.8) is 0 Å². The predicted octanol–water partition coefficient (Wildman–Crippen LogP) is 2.01. The lowest BCUT2D eigenvalue weighted by Crippen LogP contribution is -2.44. The predicted molar refractivity (Wildman–Crippen MR) is 80.6 cm³/mol. The van der Waals surface area contributed by atoms with Gasteiger partial charge < -0.3 is 5.11 Å². The zero-order valence-corrected chi connectivity index (χ0v) is 12.5. The standard InChI is InChI=1S/C16H21FN4O/c17-14-6-4-13(5-7-14)16(22)10-20-8-2-1-3-15(20)9-21-12-18-11-19-21/h4-7,11-12,15-16,22H,1-3,8-10H2/t15-,16-/m0/s1. The molecule has 1 saturated heterocycles. The van der Waals surface area contributed by atoms with Gasteiger partial charge in [-0.1, -0.05) is 18.6 Å². The van der Waals surface area contributed by atoms with Crippen molar-refractivity contribution >= 4 is 0 Å². The fourth-order valence-electron chi connectivity index (χ4n) is 3.06. The third-order valence-corrected chi connectivity index (χ3v) is 4.28. The molecule has 3 rings (SSSR count). The molecule has 0 bridgehead atoms. The molecule has 1 aromatic heterocycles. The molecule has 0 saturated carbocycles. The Kier molecular flexibility index (Phi) is 4.80. The molecule has 1 N–H and O–H groups in total. The highest BCUT2D eigenvalue weighted by atomic mass is 19.1. The molecular weight excluding hydrogens is 283 g/mol. The van der Waals surface area contributed by atoms with E-state index in [2.05, 4.69) is 15.0 Å². The zero-order chi connectivity index (χ0) is 15.4. The number of rotatable bonds is 5. The van der Waals surface area contributed by atoms with Crippen LogP contribution in [-0.4, -0.2) is 43.9 Å². The second-order valence-electron chi connectivity index (χ2n) is 5.83. The van der Waals surface area contributed by atoms with E-state index in [1.54, 1.807) is 24.8 Å². The monoisotopic (exact) mass is 304 g/mol. The Hall–Kier alpha value is -1.79. The molecule has 1 fully saturated rings. The third-order valence-electron chi connectivity index (χ3n) is 4.28. The van der Waals surface area contributed by atoms with E-state index in [1.165, 1.54) is 18.6 Å². The van der Waals surface area contributed by atoms with Gasteiger partial charge in [-0.3, -0.25) is 9.58 Å². The molecule has 1 aliphatic heterocycles. The molecule has 2 heterocycles. The van der Waals surface area contributed by atoms with E-state index >= 15 is 0 Å². The summed E-state index contributed by atoms with van der Waals surface area (Å²) in [5.41, 5.74) is 0.756. The number of aliphatic hydroxyl groups is 1. The van der Waals surface area contributed by atoms with Gasteiger partial charge in [0.1, 0.15) is 18.5 Å². The summed E-state index contributed by atoms with van der Waals surface area (Å²) in [5.74, 6) is -0.280. The van der Waals surface area contributed by atoms with Crippen LogP contribution in [0.5, 0.6) is 0 Å². The summed E-state index contributed by atoms with van der Waals surface area (Å²) in [4.78, 5) is 6.28. The summed E-state index contributed by atoms with van der Waals surface area (Å²) in [6.07, 6.45) is 6.10. The highest BCUT2D eigenvalue weighted by Crippen LogP contribution is 2.22. The SMILES string of the molecule is O[C@@H](CN1CCCC[C@H]1Cn1cncn1)c1ccc(F)cc1. The van der Waals surface area contributed by atoms with Crippen molar-refractivity contribution in [1.82, 2.24) is 19.7 Å². The Morgan fingerprint density at radius 1 is 1.27 bits per heavy atom. The molecule has 1 aromatic carbocycles. The van der Waals surface area contributed by atoms with Gasteiger partial charge in [-0.25, -0.2) is 9.37 Å². The van der Waals surface area contributed by atoms with Gasteiger partial charge in [0.05, 0.1) is 12.6 Å². The Morgan fingerprint density at radius 3 is 2.82 bits per heavy atom. The van der Waals surface area contributed by atoms with Gasteiger partial charge in [-0.15, -0.1) is 0 Å². The number of likely N-dealkylation sites (tertiary alicyclic amines) is 1. The molecule has 1 aliphatic rings. The number of hydrogen-bond donors (Lipinski definition) is 1. The number of piperidine rings is 1. The lowest BCUT2D eigenvalue weighted by molar-refractivity contribution is 0.0590. The van der Waals surface area contributed by atoms with E-state index in [-0.39, 0.29) is 5.82 Å². The van der Waals surface area contributed by atoms with Gasteiger partial charge in [0.15, 0.2) is 0 Å². The van der Waals surface area contributed by atoms with E-state index in [9.17, 15) is 9.50 Å². The first kappa shape index (κ1) is 15.1. The van der Waals surface area contributed by atoms with Gasteiger partial charge >= 0.3 is 0 Å². The average Bonchev–Trinajstić information content (AvgIpc) is 3.03. The minimum atomic E-state index is -0.600. The number of nitrogens with zero attached hydrogens (tertiary/aromatic N) is 4. The quantitative estimate of drug-likeness (QED) is 0.918. The molecule has 118 valence electrons. The van der Waals surface area contributed by atoms with Gasteiger partial charge in [-0.2, -0.15) is 5.10 Å². The van der Waals surface area contributed by atoms with Gasteiger partial charge in [0.25, 0.3) is 0 Å². The van der Waals surface area contributed by atoms with Crippen molar-refractivity contribution in [2.24, 2.45) is 0 Å². The van der Waals surface area contributed by atoms with Crippen molar-refractivity contribution in [2.45, 2.75) is 38.0 Å². The molecule has 0 spiro atoms. The van der Waals surface area contributed by atoms with Crippen LogP contribution in [-0.2, 0) is 6.54 Å². The largest absolute Gasteiger partial charge is 0.387 e. The van der Waals surface area contributed by atoms with Gasteiger partial charge in [-0.05, 0) is 37.1 Å². The maximum Gasteiger partial charge on any atom is 0.137 e. The maximum absolute atomic E-state index is 13.0. The van der Waals surface area contributed by atoms with Gasteiger partial charge in [0, 0.05) is 12.6 Å². The number of aliphatic hydroxyl groups excluding tert-OH is 1. The van der Waals surface area contributed by atoms with E-state index in [1.807, 2.05) is 4.68 Å². The summed E-state index contributed by atoms with van der Waals surface area (Å²) in [6, 6.07) is 6.43. The van der Waals surface area contributed by atoms with Crippen LogP contribution in [0.25, 0.3) is 0 Å². The third kappa shape index (κ3) is 3.69. The second kappa shape index (κ2) is 6.98. The summed E-state index contributed by atoms with van der Waals surface area (Å²) in [6.45, 7) is 2.32. The number of β-amino-alcohol motifs (C(OH)–C–C–N with tert-alkyl or cyclic N) is 1. The topological polar surface area (TPSA) is 54.2 Å². The summed E-state index contributed by atoms with van der Waals surface area (Å²) in [5, 5.41) is 14.6. The van der Waals surface area contributed by atoms with Crippen LogP contribution >= 0.6 is 0 Å². The van der Waals surface area contributed by atoms with E-state index in [4.69, 9.17) is 0 Å². The van der Waals surface area contributed by atoms with Gasteiger partial charge in [0.2, 0.25) is 0 Å². The maximum atomic E-state index is 13.0. The summed E-state index contributed by atoms with van der Waals surface area (Å²) < 4.78 is 14.8. The normalized spacial score (nSPS) is 20.9. The molecular formula is C16H21FN4O. The smallest absolute Gasteiger partial charge is 0.137 e. The number of benzene rings is 1. The molecule has 2 aromatic rings. The minimum absolute atomic E-state index is 0.280. The number of halogens is 1. The van der Waals surface area contributed by atoms with Crippen molar-refractivity contribution in [1.29, 1.82) is 0 Å². The first-order chi connectivity index (χ1) is 10.7. The Bertz CT molecular complexity index is 572. The number of hydrogen-bond acceptors (Lipinski definition) is 4. The first-order valence-electron chi connectivity index (χ1n) is 7.72. The highest BCUT2D eigenvalue weighted by molar-refractivity contribution is 5.18.